The van der Waals surface area contributed by atoms with Crippen LogP contribution in [0.4, 0.5) is 0 Å². The van der Waals surface area contributed by atoms with Gasteiger partial charge in [0.25, 0.3) is 0 Å². The van der Waals surface area contributed by atoms with Gasteiger partial charge in [-0.15, -0.1) is 0 Å². The van der Waals surface area contributed by atoms with Crippen LogP contribution in [0.15, 0.2) is 72.9 Å². The summed E-state index contributed by atoms with van der Waals surface area (Å²) in [6, 6.07) is 22.6. The van der Waals surface area contributed by atoms with Gasteiger partial charge in [-0.3, -0.25) is 4.79 Å². The van der Waals surface area contributed by atoms with E-state index < -0.39 is 0 Å². The number of carbonyl (C=O) groups excluding carboxylic acids is 1. The van der Waals surface area contributed by atoms with E-state index in [2.05, 4.69) is 40.3 Å². The molecule has 35 heavy (non-hydrogen) atoms. The molecule has 0 amide bonds. The Hall–Kier alpha value is -3.60. The fraction of sp³-hybridized carbons (Fsp3) is 0.333. The number of ketones is 1. The number of hydrogen-bond acceptors (Lipinski definition) is 4. The number of aromatic amines is 1. The smallest absolute Gasteiger partial charge is 0.156 e. The van der Waals surface area contributed by atoms with Gasteiger partial charge in [0.05, 0.1) is 7.11 Å². The molecule has 0 bridgehead atoms. The quantitative estimate of drug-likeness (QED) is 0.210. The zero-order valence-electron chi connectivity index (χ0n) is 20.6. The van der Waals surface area contributed by atoms with Crippen LogP contribution in [-0.4, -0.2) is 22.9 Å². The van der Waals surface area contributed by atoms with E-state index in [0.29, 0.717) is 18.6 Å². The molecule has 0 fully saturated rings. The summed E-state index contributed by atoms with van der Waals surface area (Å²) in [4.78, 5) is 19.8. The van der Waals surface area contributed by atoms with Crippen molar-refractivity contribution in [3.05, 3.63) is 90.0 Å². The highest BCUT2D eigenvalue weighted by Crippen LogP contribution is 2.28. The van der Waals surface area contributed by atoms with Gasteiger partial charge in [-0.1, -0.05) is 55.8 Å². The molecular weight excluding hydrogens is 436 g/mol. The number of ether oxygens (including phenoxy) is 2. The lowest BCUT2D eigenvalue weighted by molar-refractivity contribution is -0.118. The van der Waals surface area contributed by atoms with Crippen LogP contribution in [0.5, 0.6) is 11.5 Å². The first-order valence-electron chi connectivity index (χ1n) is 12.5. The van der Waals surface area contributed by atoms with Crippen LogP contribution in [0, 0.1) is 0 Å². The van der Waals surface area contributed by atoms with Gasteiger partial charge < -0.3 is 14.5 Å². The van der Waals surface area contributed by atoms with Crippen molar-refractivity contribution in [2.45, 2.75) is 58.0 Å². The highest BCUT2D eigenvalue weighted by atomic mass is 16.5. The number of benzene rings is 3. The highest BCUT2D eigenvalue weighted by molar-refractivity contribution is 5.83. The van der Waals surface area contributed by atoms with Crippen molar-refractivity contribution in [1.29, 1.82) is 0 Å². The topological polar surface area (TPSA) is 64.2 Å². The lowest BCUT2D eigenvalue weighted by atomic mass is 10.1. The van der Waals surface area contributed by atoms with Crippen molar-refractivity contribution < 1.29 is 14.3 Å². The number of nitrogens with one attached hydrogen (secondary N) is 1. The number of unbranched alkanes of at least 4 members (excludes halogenated alkanes) is 2. The Balaban J connectivity index is 1.47. The average Bonchev–Trinajstić information content (AvgIpc) is 3.36. The van der Waals surface area contributed by atoms with Gasteiger partial charge >= 0.3 is 0 Å². The number of H-pyrrole nitrogens is 1. The van der Waals surface area contributed by atoms with Crippen molar-refractivity contribution in [1.82, 2.24) is 9.97 Å². The first-order chi connectivity index (χ1) is 17.1. The van der Waals surface area contributed by atoms with E-state index in [0.717, 1.165) is 66.1 Å². The number of aromatic nitrogens is 2. The van der Waals surface area contributed by atoms with E-state index in [1.165, 1.54) is 5.39 Å². The second-order valence-electron chi connectivity index (χ2n) is 8.93. The third kappa shape index (κ3) is 6.95. The van der Waals surface area contributed by atoms with E-state index >= 15 is 0 Å². The Kier molecular flexibility index (Phi) is 8.55. The van der Waals surface area contributed by atoms with Gasteiger partial charge in [-0.05, 0) is 59.9 Å². The van der Waals surface area contributed by atoms with Gasteiger partial charge in [0.1, 0.15) is 23.1 Å². The van der Waals surface area contributed by atoms with Crippen LogP contribution >= 0.6 is 0 Å². The summed E-state index contributed by atoms with van der Waals surface area (Å²) in [5.41, 5.74) is 2.20. The summed E-state index contributed by atoms with van der Waals surface area (Å²) in [5.74, 6) is 2.85. The van der Waals surface area contributed by atoms with Gasteiger partial charge in [0.15, 0.2) is 6.10 Å². The lowest BCUT2D eigenvalue weighted by Crippen LogP contribution is -2.10. The Morgan fingerprint density at radius 2 is 1.80 bits per heavy atom. The van der Waals surface area contributed by atoms with Crippen LogP contribution < -0.4 is 9.47 Å². The second-order valence-corrected chi connectivity index (χ2v) is 8.93. The first kappa shape index (κ1) is 24.5. The number of nitrogens with zero attached hydrogens (tertiary/aromatic N) is 1. The standard InChI is InChI=1S/C30H34N2O3/c1-3-26(33)13-5-4-6-15-29(35-28-17-16-23-11-7-8-12-24(23)20-28)30-31-21-25(32-30)18-22-10-9-14-27(19-22)34-2/h7-12,14,16-17,19-21,29H,3-6,13,15,18H2,1-2H3,(H,31,32). The molecule has 3 aromatic carbocycles. The zero-order valence-corrected chi connectivity index (χ0v) is 20.6. The molecule has 0 radical (unpaired) electrons. The van der Waals surface area contributed by atoms with E-state index in [4.69, 9.17) is 9.47 Å². The number of hydrogen-bond donors (Lipinski definition) is 1. The molecule has 182 valence electrons. The molecule has 1 N–H and O–H groups in total. The molecule has 1 heterocycles. The number of rotatable bonds is 13. The Bertz CT molecular complexity index is 1250. The highest BCUT2D eigenvalue weighted by Gasteiger charge is 2.18. The molecular formula is C30H34N2O3. The fourth-order valence-corrected chi connectivity index (χ4v) is 4.29. The number of fused-ring (bicyclic) bond motifs is 1. The molecule has 0 saturated carbocycles. The average molecular weight is 471 g/mol. The summed E-state index contributed by atoms with van der Waals surface area (Å²) >= 11 is 0. The van der Waals surface area contributed by atoms with Gasteiger partial charge in [0, 0.05) is 31.2 Å². The number of methoxy groups -OCH3 is 1. The maximum atomic E-state index is 11.6. The molecule has 4 aromatic rings. The SMILES string of the molecule is CCC(=O)CCCCCC(Oc1ccc2ccccc2c1)c1ncc(Cc2cccc(OC)c2)[nH]1. The van der Waals surface area contributed by atoms with Crippen LogP contribution in [0.2, 0.25) is 0 Å². The van der Waals surface area contributed by atoms with E-state index in [1.807, 2.05) is 49.5 Å². The summed E-state index contributed by atoms with van der Waals surface area (Å²) in [7, 11) is 1.68. The minimum absolute atomic E-state index is 0.183. The minimum atomic E-state index is -0.183. The van der Waals surface area contributed by atoms with Crippen molar-refractivity contribution in [3.8, 4) is 11.5 Å². The van der Waals surface area contributed by atoms with E-state index in [1.54, 1.807) is 7.11 Å². The van der Waals surface area contributed by atoms with E-state index in [-0.39, 0.29) is 6.10 Å². The molecule has 0 aliphatic heterocycles. The van der Waals surface area contributed by atoms with Crippen LogP contribution in [0.1, 0.15) is 68.6 Å². The van der Waals surface area contributed by atoms with Crippen molar-refractivity contribution in [2.75, 3.05) is 7.11 Å². The predicted octanol–water partition coefficient (Wildman–Crippen LogP) is 7.21. The Morgan fingerprint density at radius 1 is 0.943 bits per heavy atom. The zero-order chi connectivity index (χ0) is 24.5. The van der Waals surface area contributed by atoms with Crippen molar-refractivity contribution in [3.63, 3.8) is 0 Å². The normalized spacial score (nSPS) is 11.9. The van der Waals surface area contributed by atoms with Gasteiger partial charge in [-0.25, -0.2) is 4.98 Å². The lowest BCUT2D eigenvalue weighted by Gasteiger charge is -2.18. The van der Waals surface area contributed by atoms with E-state index in [9.17, 15) is 4.79 Å². The molecule has 5 heteroatoms. The molecule has 0 aliphatic carbocycles. The maximum Gasteiger partial charge on any atom is 0.156 e. The van der Waals surface area contributed by atoms with Crippen LogP contribution in [0.25, 0.3) is 10.8 Å². The largest absolute Gasteiger partial charge is 0.497 e. The molecule has 4 rings (SSSR count). The maximum absolute atomic E-state index is 11.6. The monoisotopic (exact) mass is 470 g/mol. The molecule has 0 saturated heterocycles. The third-order valence-corrected chi connectivity index (χ3v) is 6.30. The van der Waals surface area contributed by atoms with Crippen LogP contribution in [0.3, 0.4) is 0 Å². The van der Waals surface area contributed by atoms with Crippen molar-refractivity contribution >= 4 is 16.6 Å². The molecule has 1 aromatic heterocycles. The summed E-state index contributed by atoms with van der Waals surface area (Å²) < 4.78 is 11.8. The summed E-state index contributed by atoms with van der Waals surface area (Å²) in [6.45, 7) is 1.93. The van der Waals surface area contributed by atoms with Crippen LogP contribution in [-0.2, 0) is 11.2 Å². The third-order valence-electron chi connectivity index (χ3n) is 6.30. The number of Topliss-reactive ketones (excluding diaryl/α,β-unsaturated/α-hetero) is 1. The number of carbonyl (C=O) groups is 1. The summed E-state index contributed by atoms with van der Waals surface area (Å²) in [6.07, 6.45) is 7.47. The Labute approximate surface area is 207 Å². The first-order valence-corrected chi connectivity index (χ1v) is 12.5. The van der Waals surface area contributed by atoms with Crippen molar-refractivity contribution in [2.24, 2.45) is 0 Å². The molecule has 0 aliphatic rings. The second kappa shape index (κ2) is 12.2. The Morgan fingerprint density at radius 3 is 2.63 bits per heavy atom. The van der Waals surface area contributed by atoms with Gasteiger partial charge in [-0.2, -0.15) is 0 Å². The molecule has 1 unspecified atom stereocenters. The molecule has 1 atom stereocenters. The minimum Gasteiger partial charge on any atom is -0.497 e. The molecule has 5 nitrogen and oxygen atoms in total. The number of imidazole rings is 1. The van der Waals surface area contributed by atoms with Gasteiger partial charge in [0.2, 0.25) is 0 Å². The molecule has 0 spiro atoms. The summed E-state index contributed by atoms with van der Waals surface area (Å²) in [5, 5.41) is 2.34. The predicted molar refractivity (Wildman–Crippen MR) is 140 cm³/mol. The fourth-order valence-electron chi connectivity index (χ4n) is 4.29.